The molecule has 2 aromatic rings. The summed E-state index contributed by atoms with van der Waals surface area (Å²) in [6, 6.07) is 6.25. The summed E-state index contributed by atoms with van der Waals surface area (Å²) in [5.41, 5.74) is 1.75. The van der Waals surface area contributed by atoms with Crippen LogP contribution in [0.3, 0.4) is 0 Å². The topological polar surface area (TPSA) is 98.0 Å². The van der Waals surface area contributed by atoms with Crippen LogP contribution in [0, 0.1) is 6.92 Å². The van der Waals surface area contributed by atoms with E-state index in [0.29, 0.717) is 11.1 Å². The van der Waals surface area contributed by atoms with Gasteiger partial charge in [-0.2, -0.15) is 0 Å². The minimum absolute atomic E-state index is 0.0576. The third kappa shape index (κ3) is 2.76. The van der Waals surface area contributed by atoms with Gasteiger partial charge in [0.25, 0.3) is 0 Å². The van der Waals surface area contributed by atoms with Gasteiger partial charge in [0.1, 0.15) is 5.75 Å². The number of aryl methyl sites for hydroxylation is 1. The number of rotatable bonds is 3. The van der Waals surface area contributed by atoms with E-state index in [0.717, 1.165) is 5.56 Å². The van der Waals surface area contributed by atoms with Crippen LogP contribution in [-0.2, 0) is 6.42 Å². The zero-order chi connectivity index (χ0) is 15.7. The molecule has 0 fully saturated rings. The number of hydrogen-bond acceptors (Lipinski definition) is 5. The zero-order valence-corrected chi connectivity index (χ0v) is 11.7. The molecule has 0 atom stereocenters. The molecule has 0 aromatic heterocycles. The fourth-order valence-electron chi connectivity index (χ4n) is 2.29. The van der Waals surface area contributed by atoms with Crippen molar-refractivity contribution in [3.05, 3.63) is 46.5 Å². The van der Waals surface area contributed by atoms with Gasteiger partial charge in [-0.1, -0.05) is 17.7 Å². The first-order valence-electron chi connectivity index (χ1n) is 6.37. The summed E-state index contributed by atoms with van der Waals surface area (Å²) < 4.78 is 0. The predicted molar refractivity (Wildman–Crippen MR) is 77.1 cm³/mol. The number of Topliss-reactive ketones (excluding diaryl/α,β-unsaturated/α-hetero) is 1. The second-order valence-corrected chi connectivity index (χ2v) is 4.99. The maximum Gasteiger partial charge on any atom is 0.201 e. The van der Waals surface area contributed by atoms with Gasteiger partial charge in [-0.25, -0.2) is 0 Å². The smallest absolute Gasteiger partial charge is 0.201 e. The first-order valence-corrected chi connectivity index (χ1v) is 6.37. The molecule has 0 unspecified atom stereocenters. The Kier molecular flexibility index (Phi) is 3.76. The van der Waals surface area contributed by atoms with Crippen LogP contribution >= 0.6 is 0 Å². The summed E-state index contributed by atoms with van der Waals surface area (Å²) in [7, 11) is 0. The number of aromatic hydroxyl groups is 4. The number of ketones is 1. The van der Waals surface area contributed by atoms with Gasteiger partial charge in [0.2, 0.25) is 5.75 Å². The molecule has 0 aliphatic heterocycles. The Morgan fingerprint density at radius 3 is 2.24 bits per heavy atom. The Morgan fingerprint density at radius 1 is 0.952 bits per heavy atom. The molecule has 0 saturated carbocycles. The van der Waals surface area contributed by atoms with Crippen LogP contribution in [0.2, 0.25) is 0 Å². The quantitative estimate of drug-likeness (QED) is 0.514. The summed E-state index contributed by atoms with van der Waals surface area (Å²) in [5.74, 6) is -2.27. The van der Waals surface area contributed by atoms with E-state index >= 15 is 0 Å². The summed E-state index contributed by atoms with van der Waals surface area (Å²) in [4.78, 5) is 11.7. The third-order valence-electron chi connectivity index (χ3n) is 3.30. The van der Waals surface area contributed by atoms with Crippen LogP contribution in [0.25, 0.3) is 0 Å². The largest absolute Gasteiger partial charge is 0.508 e. The van der Waals surface area contributed by atoms with Gasteiger partial charge in [0.05, 0.1) is 5.56 Å². The first kappa shape index (κ1) is 14.7. The monoisotopic (exact) mass is 288 g/mol. The highest BCUT2D eigenvalue weighted by Gasteiger charge is 2.20. The summed E-state index contributed by atoms with van der Waals surface area (Å²) in [6.45, 7) is 3.12. The van der Waals surface area contributed by atoms with Gasteiger partial charge >= 0.3 is 0 Å². The molecule has 0 aliphatic rings. The highest BCUT2D eigenvalue weighted by molar-refractivity contribution is 5.99. The average Bonchev–Trinajstić information content (AvgIpc) is 2.40. The molecule has 0 aliphatic carbocycles. The van der Waals surface area contributed by atoms with Crippen molar-refractivity contribution in [2.45, 2.75) is 20.3 Å². The lowest BCUT2D eigenvalue weighted by molar-refractivity contribution is 0.101. The normalized spacial score (nSPS) is 10.6. The Bertz CT molecular complexity index is 719. The van der Waals surface area contributed by atoms with Crippen LogP contribution in [0.5, 0.6) is 23.0 Å². The highest BCUT2D eigenvalue weighted by atomic mass is 16.3. The van der Waals surface area contributed by atoms with Crippen molar-refractivity contribution in [3.63, 3.8) is 0 Å². The van der Waals surface area contributed by atoms with Crippen molar-refractivity contribution in [2.75, 3.05) is 0 Å². The van der Waals surface area contributed by atoms with Crippen molar-refractivity contribution in [1.82, 2.24) is 0 Å². The van der Waals surface area contributed by atoms with Crippen molar-refractivity contribution in [2.24, 2.45) is 0 Å². The molecule has 0 spiro atoms. The van der Waals surface area contributed by atoms with Crippen LogP contribution in [0.1, 0.15) is 34.0 Å². The Hall–Kier alpha value is -2.69. The molecule has 110 valence electrons. The number of carbonyl (C=O) groups is 1. The number of phenols is 4. The van der Waals surface area contributed by atoms with Crippen molar-refractivity contribution in [3.8, 4) is 23.0 Å². The number of carbonyl (C=O) groups excluding carboxylic acids is 1. The van der Waals surface area contributed by atoms with Crippen LogP contribution in [0.15, 0.2) is 24.3 Å². The number of phenolic OH excluding ortho intramolecular Hbond substituents is 4. The van der Waals surface area contributed by atoms with E-state index in [-0.39, 0.29) is 17.7 Å². The van der Waals surface area contributed by atoms with Gasteiger partial charge in [-0.05, 0) is 37.1 Å². The Labute approximate surface area is 121 Å². The van der Waals surface area contributed by atoms with Gasteiger partial charge in [0, 0.05) is 6.42 Å². The minimum Gasteiger partial charge on any atom is -0.508 e. The third-order valence-corrected chi connectivity index (χ3v) is 3.30. The van der Waals surface area contributed by atoms with Crippen molar-refractivity contribution in [1.29, 1.82) is 0 Å². The summed E-state index contributed by atoms with van der Waals surface area (Å²) in [6.07, 6.45) is 0.143. The van der Waals surface area contributed by atoms with E-state index in [1.54, 1.807) is 12.1 Å². The highest BCUT2D eigenvalue weighted by Crippen LogP contribution is 2.41. The van der Waals surface area contributed by atoms with Crippen LogP contribution in [0.4, 0.5) is 0 Å². The van der Waals surface area contributed by atoms with Crippen LogP contribution in [-0.4, -0.2) is 26.2 Å². The summed E-state index contributed by atoms with van der Waals surface area (Å²) in [5, 5.41) is 38.8. The van der Waals surface area contributed by atoms with E-state index < -0.39 is 23.0 Å². The minimum atomic E-state index is -0.725. The molecule has 5 nitrogen and oxygen atoms in total. The lowest BCUT2D eigenvalue weighted by Crippen LogP contribution is -2.02. The lowest BCUT2D eigenvalue weighted by Gasteiger charge is -2.13. The molecular weight excluding hydrogens is 272 g/mol. The maximum absolute atomic E-state index is 11.7. The zero-order valence-electron chi connectivity index (χ0n) is 11.7. The number of hydrogen-bond donors (Lipinski definition) is 4. The van der Waals surface area contributed by atoms with E-state index in [1.807, 2.05) is 6.92 Å². The molecule has 4 N–H and O–H groups in total. The maximum atomic E-state index is 11.7. The second-order valence-electron chi connectivity index (χ2n) is 4.99. The molecule has 0 radical (unpaired) electrons. The Morgan fingerprint density at radius 2 is 1.62 bits per heavy atom. The van der Waals surface area contributed by atoms with Crippen molar-refractivity contribution >= 4 is 5.78 Å². The first-order chi connectivity index (χ1) is 9.81. The van der Waals surface area contributed by atoms with E-state index in [1.165, 1.54) is 19.1 Å². The van der Waals surface area contributed by atoms with Gasteiger partial charge < -0.3 is 20.4 Å². The molecule has 0 amide bonds. The molecule has 0 heterocycles. The SMILES string of the molecule is CC(=O)c1c(Cc2cc(C)ccc2O)cc(O)c(O)c1O. The average molecular weight is 288 g/mol. The summed E-state index contributed by atoms with van der Waals surface area (Å²) >= 11 is 0. The standard InChI is InChI=1S/C16H16O5/c1-8-3-4-12(18)10(5-8)6-11-7-13(19)15(20)16(21)14(11)9(2)17/h3-5,7,18-21H,6H2,1-2H3. The Balaban J connectivity index is 2.58. The van der Waals surface area contributed by atoms with E-state index in [4.69, 9.17) is 0 Å². The predicted octanol–water partition coefficient (Wildman–Crippen LogP) is 2.61. The molecule has 0 bridgehead atoms. The van der Waals surface area contributed by atoms with Crippen LogP contribution < -0.4 is 0 Å². The molecular formula is C16H16O5. The van der Waals surface area contributed by atoms with Crippen molar-refractivity contribution < 1.29 is 25.2 Å². The molecule has 5 heteroatoms. The number of benzene rings is 2. The van der Waals surface area contributed by atoms with Gasteiger partial charge in [-0.15, -0.1) is 0 Å². The van der Waals surface area contributed by atoms with Gasteiger partial charge in [-0.3, -0.25) is 4.79 Å². The molecule has 21 heavy (non-hydrogen) atoms. The molecule has 2 aromatic carbocycles. The second kappa shape index (κ2) is 5.36. The van der Waals surface area contributed by atoms with Gasteiger partial charge in [0.15, 0.2) is 17.3 Å². The fraction of sp³-hybridized carbons (Fsp3) is 0.188. The molecule has 2 rings (SSSR count). The fourth-order valence-corrected chi connectivity index (χ4v) is 2.29. The van der Waals surface area contributed by atoms with E-state index in [9.17, 15) is 25.2 Å². The molecule has 0 saturated heterocycles. The van der Waals surface area contributed by atoms with E-state index in [2.05, 4.69) is 0 Å². The lowest BCUT2D eigenvalue weighted by atomic mass is 9.95.